The predicted octanol–water partition coefficient (Wildman–Crippen LogP) is 3.76. The zero-order valence-corrected chi connectivity index (χ0v) is 12.8. The molecule has 2 aliphatic rings. The number of anilines is 2. The molecule has 2 amide bonds. The number of urea groups is 1. The number of carbonyl (C=O) groups is 1. The zero-order valence-electron chi connectivity index (χ0n) is 12.8. The number of amides is 2. The van der Waals surface area contributed by atoms with Crippen molar-refractivity contribution in [1.29, 1.82) is 0 Å². The highest BCUT2D eigenvalue weighted by Gasteiger charge is 2.28. The molecule has 1 saturated heterocycles. The fourth-order valence-electron chi connectivity index (χ4n) is 3.08. The van der Waals surface area contributed by atoms with Gasteiger partial charge < -0.3 is 9.64 Å². The van der Waals surface area contributed by atoms with E-state index in [1.165, 1.54) is 0 Å². The van der Waals surface area contributed by atoms with E-state index in [-0.39, 0.29) is 6.03 Å². The monoisotopic (exact) mass is 306 g/mol. The number of hydrogen-bond acceptors (Lipinski definition) is 2. The van der Waals surface area contributed by atoms with Gasteiger partial charge in [0.2, 0.25) is 0 Å². The van der Waals surface area contributed by atoms with Gasteiger partial charge in [-0.3, -0.25) is 4.90 Å². The Morgan fingerprint density at radius 2 is 1.35 bits per heavy atom. The second-order valence-corrected chi connectivity index (χ2v) is 5.67. The molecule has 2 aromatic rings. The minimum atomic E-state index is 0.0110. The van der Waals surface area contributed by atoms with Gasteiger partial charge in [0.05, 0.1) is 24.6 Å². The SMILES string of the molecule is O=C(N1CCOCC1)N1c2ccccc2C=Cc2ccccc21. The summed E-state index contributed by atoms with van der Waals surface area (Å²) >= 11 is 0. The highest BCUT2D eigenvalue weighted by Crippen LogP contribution is 2.36. The van der Waals surface area contributed by atoms with Crippen LogP contribution in [0.25, 0.3) is 12.2 Å². The molecular weight excluding hydrogens is 288 g/mol. The lowest BCUT2D eigenvalue weighted by atomic mass is 10.1. The number of hydrogen-bond donors (Lipinski definition) is 0. The van der Waals surface area contributed by atoms with Crippen LogP contribution in [0.4, 0.5) is 16.2 Å². The van der Waals surface area contributed by atoms with Gasteiger partial charge in [0, 0.05) is 13.1 Å². The quantitative estimate of drug-likeness (QED) is 0.742. The van der Waals surface area contributed by atoms with Gasteiger partial charge in [-0.15, -0.1) is 0 Å². The highest BCUT2D eigenvalue weighted by atomic mass is 16.5. The van der Waals surface area contributed by atoms with Crippen molar-refractivity contribution < 1.29 is 9.53 Å². The predicted molar refractivity (Wildman–Crippen MR) is 91.7 cm³/mol. The Kier molecular flexibility index (Phi) is 3.60. The summed E-state index contributed by atoms with van der Waals surface area (Å²) in [4.78, 5) is 16.9. The molecule has 0 N–H and O–H groups in total. The minimum absolute atomic E-state index is 0.0110. The Morgan fingerprint density at radius 3 is 1.91 bits per heavy atom. The first-order valence-corrected chi connectivity index (χ1v) is 7.87. The standard InChI is InChI=1S/C19H18N2O2/c22-19(20-11-13-23-14-12-20)21-17-7-3-1-5-15(17)9-10-16-6-2-4-8-18(16)21/h1-10H,11-14H2. The third kappa shape index (κ3) is 2.51. The van der Waals surface area contributed by atoms with Crippen molar-refractivity contribution in [2.24, 2.45) is 0 Å². The molecule has 0 bridgehead atoms. The van der Waals surface area contributed by atoms with Crippen molar-refractivity contribution in [2.75, 3.05) is 31.2 Å². The topological polar surface area (TPSA) is 32.8 Å². The lowest BCUT2D eigenvalue weighted by molar-refractivity contribution is 0.0554. The molecule has 116 valence electrons. The van der Waals surface area contributed by atoms with Crippen LogP contribution in [0.1, 0.15) is 11.1 Å². The van der Waals surface area contributed by atoms with E-state index < -0.39 is 0 Å². The molecule has 4 rings (SSSR count). The van der Waals surface area contributed by atoms with Gasteiger partial charge in [0.15, 0.2) is 0 Å². The van der Waals surface area contributed by atoms with Gasteiger partial charge in [-0.1, -0.05) is 48.6 Å². The van der Waals surface area contributed by atoms with Crippen LogP contribution in [0.2, 0.25) is 0 Å². The molecule has 0 spiro atoms. The van der Waals surface area contributed by atoms with E-state index in [4.69, 9.17) is 4.74 Å². The molecule has 2 aromatic carbocycles. The molecule has 23 heavy (non-hydrogen) atoms. The van der Waals surface area contributed by atoms with Crippen LogP contribution in [0, 0.1) is 0 Å². The maximum atomic E-state index is 13.2. The first-order valence-electron chi connectivity index (χ1n) is 7.87. The molecule has 2 heterocycles. The van der Waals surface area contributed by atoms with Crippen LogP contribution in [0.5, 0.6) is 0 Å². The lowest BCUT2D eigenvalue weighted by Gasteiger charge is -2.33. The number of rotatable bonds is 0. The number of carbonyl (C=O) groups excluding carboxylic acids is 1. The van der Waals surface area contributed by atoms with Gasteiger partial charge in [-0.25, -0.2) is 4.79 Å². The van der Waals surface area contributed by atoms with Crippen LogP contribution >= 0.6 is 0 Å². The van der Waals surface area contributed by atoms with Crippen LogP contribution in [0.3, 0.4) is 0 Å². The Bertz CT molecular complexity index is 714. The smallest absolute Gasteiger partial charge is 0.329 e. The van der Waals surface area contributed by atoms with E-state index in [1.54, 1.807) is 0 Å². The number of ether oxygens (including phenoxy) is 1. The van der Waals surface area contributed by atoms with Crippen molar-refractivity contribution in [1.82, 2.24) is 4.90 Å². The van der Waals surface area contributed by atoms with E-state index in [1.807, 2.05) is 58.3 Å². The van der Waals surface area contributed by atoms with E-state index >= 15 is 0 Å². The first-order chi connectivity index (χ1) is 11.3. The first kappa shape index (κ1) is 14.0. The molecule has 1 fully saturated rings. The van der Waals surface area contributed by atoms with Gasteiger partial charge in [0.1, 0.15) is 0 Å². The summed E-state index contributed by atoms with van der Waals surface area (Å²) in [6.45, 7) is 2.46. The summed E-state index contributed by atoms with van der Waals surface area (Å²) in [6, 6.07) is 16.0. The average Bonchev–Trinajstić information content (AvgIpc) is 2.79. The van der Waals surface area contributed by atoms with Crippen LogP contribution in [-0.4, -0.2) is 37.2 Å². The van der Waals surface area contributed by atoms with Crippen LogP contribution < -0.4 is 4.90 Å². The molecular formula is C19H18N2O2. The summed E-state index contributed by atoms with van der Waals surface area (Å²) in [5, 5.41) is 0. The van der Waals surface area contributed by atoms with Crippen molar-refractivity contribution >= 4 is 29.6 Å². The van der Waals surface area contributed by atoms with E-state index in [0.717, 1.165) is 22.5 Å². The molecule has 0 atom stereocenters. The maximum Gasteiger partial charge on any atom is 0.329 e. The van der Waals surface area contributed by atoms with Crippen LogP contribution in [-0.2, 0) is 4.74 Å². The Hall–Kier alpha value is -2.59. The molecule has 0 saturated carbocycles. The average molecular weight is 306 g/mol. The molecule has 0 aromatic heterocycles. The molecule has 0 unspecified atom stereocenters. The summed E-state index contributed by atoms with van der Waals surface area (Å²) in [5.74, 6) is 0. The fraction of sp³-hybridized carbons (Fsp3) is 0.211. The number of fused-ring (bicyclic) bond motifs is 2. The lowest BCUT2D eigenvalue weighted by Crippen LogP contribution is -2.47. The van der Waals surface area contributed by atoms with E-state index in [0.29, 0.717) is 26.3 Å². The third-order valence-corrected chi connectivity index (χ3v) is 4.27. The Morgan fingerprint density at radius 1 is 0.826 bits per heavy atom. The largest absolute Gasteiger partial charge is 0.378 e. The van der Waals surface area contributed by atoms with Crippen molar-refractivity contribution in [3.8, 4) is 0 Å². The summed E-state index contributed by atoms with van der Waals surface area (Å²) < 4.78 is 5.38. The number of morpholine rings is 1. The van der Waals surface area contributed by atoms with Crippen molar-refractivity contribution in [3.63, 3.8) is 0 Å². The molecule has 4 heteroatoms. The van der Waals surface area contributed by atoms with Crippen molar-refractivity contribution in [2.45, 2.75) is 0 Å². The normalized spacial score (nSPS) is 16.5. The van der Waals surface area contributed by atoms with E-state index in [9.17, 15) is 4.79 Å². The number of para-hydroxylation sites is 2. The summed E-state index contributed by atoms with van der Waals surface area (Å²) in [7, 11) is 0. The van der Waals surface area contributed by atoms with Gasteiger partial charge in [0.25, 0.3) is 0 Å². The van der Waals surface area contributed by atoms with Gasteiger partial charge in [-0.2, -0.15) is 0 Å². The van der Waals surface area contributed by atoms with Gasteiger partial charge >= 0.3 is 6.03 Å². The third-order valence-electron chi connectivity index (χ3n) is 4.27. The highest BCUT2D eigenvalue weighted by molar-refractivity contribution is 6.05. The fourth-order valence-corrected chi connectivity index (χ4v) is 3.08. The second kappa shape index (κ2) is 5.89. The molecule has 0 aliphatic carbocycles. The van der Waals surface area contributed by atoms with Gasteiger partial charge in [-0.05, 0) is 23.3 Å². The minimum Gasteiger partial charge on any atom is -0.378 e. The van der Waals surface area contributed by atoms with Crippen LogP contribution in [0.15, 0.2) is 48.5 Å². The second-order valence-electron chi connectivity index (χ2n) is 5.67. The number of benzene rings is 2. The maximum absolute atomic E-state index is 13.2. The number of nitrogens with zero attached hydrogens (tertiary/aromatic N) is 2. The summed E-state index contributed by atoms with van der Waals surface area (Å²) in [5.41, 5.74) is 3.94. The van der Waals surface area contributed by atoms with Crippen molar-refractivity contribution in [3.05, 3.63) is 59.7 Å². The Balaban J connectivity index is 1.83. The molecule has 4 nitrogen and oxygen atoms in total. The molecule has 0 radical (unpaired) electrons. The van der Waals surface area contributed by atoms with E-state index in [2.05, 4.69) is 12.2 Å². The zero-order chi connectivity index (χ0) is 15.6. The summed E-state index contributed by atoms with van der Waals surface area (Å²) in [6.07, 6.45) is 4.14. The molecule has 2 aliphatic heterocycles. The Labute approximate surface area is 135 Å².